The van der Waals surface area contributed by atoms with E-state index >= 15 is 0 Å². The summed E-state index contributed by atoms with van der Waals surface area (Å²) in [6, 6.07) is 6.83. The van der Waals surface area contributed by atoms with Crippen molar-refractivity contribution in [1.29, 1.82) is 0 Å². The van der Waals surface area contributed by atoms with Crippen LogP contribution in [0.3, 0.4) is 0 Å². The van der Waals surface area contributed by atoms with E-state index in [1.165, 1.54) is 6.33 Å². The molecule has 2 N–H and O–H groups in total. The molecule has 1 aromatic heterocycles. The first kappa shape index (κ1) is 17.0. The zero-order valence-electron chi connectivity index (χ0n) is 13.6. The standard InChI is InChI=1S/C16H19N5O4/c22-14(18-13-3-1-2-12(8-13)9-15(23)24)10-16(4-6-25-7-5-16)21-11-17-19-20-21/h1-3,8,11H,4-7,9-10H2,(H,18,22)(H,23,24). The topological polar surface area (TPSA) is 119 Å². The number of carboxylic acids is 1. The monoisotopic (exact) mass is 345 g/mol. The average molecular weight is 345 g/mol. The smallest absolute Gasteiger partial charge is 0.307 e. The number of nitrogens with one attached hydrogen (secondary N) is 1. The Bertz CT molecular complexity index is 741. The van der Waals surface area contributed by atoms with Gasteiger partial charge in [-0.05, 0) is 41.0 Å². The van der Waals surface area contributed by atoms with Gasteiger partial charge in [0, 0.05) is 18.9 Å². The van der Waals surface area contributed by atoms with Crippen LogP contribution >= 0.6 is 0 Å². The molecule has 2 heterocycles. The molecule has 2 aromatic rings. The van der Waals surface area contributed by atoms with Gasteiger partial charge in [0.25, 0.3) is 0 Å². The van der Waals surface area contributed by atoms with Crippen molar-refractivity contribution >= 4 is 17.6 Å². The molecule has 0 aliphatic carbocycles. The third-order valence-electron chi connectivity index (χ3n) is 4.31. The van der Waals surface area contributed by atoms with E-state index in [9.17, 15) is 9.59 Å². The lowest BCUT2D eigenvalue weighted by Gasteiger charge is -2.35. The highest BCUT2D eigenvalue weighted by Crippen LogP contribution is 2.32. The Hall–Kier alpha value is -2.81. The number of tetrazole rings is 1. The zero-order chi connectivity index (χ0) is 17.7. The molecule has 1 aromatic carbocycles. The minimum atomic E-state index is -0.914. The zero-order valence-corrected chi connectivity index (χ0v) is 13.6. The van der Waals surface area contributed by atoms with Gasteiger partial charge >= 0.3 is 5.97 Å². The highest BCUT2D eigenvalue weighted by Gasteiger charge is 2.38. The average Bonchev–Trinajstić information content (AvgIpc) is 3.10. The van der Waals surface area contributed by atoms with Crippen molar-refractivity contribution in [2.24, 2.45) is 0 Å². The normalized spacial score (nSPS) is 16.3. The Morgan fingerprint density at radius 1 is 1.32 bits per heavy atom. The first-order valence-electron chi connectivity index (χ1n) is 7.99. The first-order chi connectivity index (χ1) is 12.1. The molecule has 0 bridgehead atoms. The molecule has 132 valence electrons. The second-order valence-electron chi connectivity index (χ2n) is 6.09. The molecule has 1 aliphatic rings. The van der Waals surface area contributed by atoms with Gasteiger partial charge in [0.1, 0.15) is 6.33 Å². The van der Waals surface area contributed by atoms with Gasteiger partial charge in [0.15, 0.2) is 0 Å². The van der Waals surface area contributed by atoms with Crippen molar-refractivity contribution in [2.45, 2.75) is 31.2 Å². The maximum atomic E-state index is 12.6. The summed E-state index contributed by atoms with van der Waals surface area (Å²) in [5.74, 6) is -1.09. The molecule has 3 rings (SSSR count). The molecule has 9 heteroatoms. The second-order valence-corrected chi connectivity index (χ2v) is 6.09. The predicted octanol–water partition coefficient (Wildman–Crippen LogP) is 0.835. The van der Waals surface area contributed by atoms with Gasteiger partial charge in [-0.1, -0.05) is 12.1 Å². The van der Waals surface area contributed by atoms with Crippen LogP contribution < -0.4 is 5.32 Å². The molecule has 1 fully saturated rings. The number of benzene rings is 1. The largest absolute Gasteiger partial charge is 0.481 e. The number of anilines is 1. The molecule has 1 saturated heterocycles. The number of ether oxygens (including phenoxy) is 1. The number of aromatic nitrogens is 4. The SMILES string of the molecule is O=C(O)Cc1cccc(NC(=O)CC2(n3cnnn3)CCOCC2)c1. The number of carbonyl (C=O) groups is 2. The van der Waals surface area contributed by atoms with Crippen LogP contribution in [-0.4, -0.2) is 50.4 Å². The van der Waals surface area contributed by atoms with Gasteiger partial charge < -0.3 is 15.2 Å². The number of nitrogens with zero attached hydrogens (tertiary/aromatic N) is 4. The predicted molar refractivity (Wildman–Crippen MR) is 86.9 cm³/mol. The Morgan fingerprint density at radius 3 is 2.80 bits per heavy atom. The van der Waals surface area contributed by atoms with E-state index in [-0.39, 0.29) is 18.7 Å². The fraction of sp³-hybridized carbons (Fsp3) is 0.438. The molecule has 0 atom stereocenters. The number of carboxylic acid groups (broad SMARTS) is 1. The number of aliphatic carboxylic acids is 1. The van der Waals surface area contributed by atoms with Gasteiger partial charge in [-0.15, -0.1) is 5.10 Å². The van der Waals surface area contributed by atoms with Crippen LogP contribution in [0.4, 0.5) is 5.69 Å². The van der Waals surface area contributed by atoms with Gasteiger partial charge in [-0.3, -0.25) is 9.59 Å². The summed E-state index contributed by atoms with van der Waals surface area (Å²) in [7, 11) is 0. The number of rotatable bonds is 6. The summed E-state index contributed by atoms with van der Waals surface area (Å²) in [6.07, 6.45) is 2.93. The molecular formula is C16H19N5O4. The Morgan fingerprint density at radius 2 is 2.12 bits per heavy atom. The molecule has 9 nitrogen and oxygen atoms in total. The molecule has 0 radical (unpaired) electrons. The quantitative estimate of drug-likeness (QED) is 0.796. The summed E-state index contributed by atoms with van der Waals surface area (Å²) >= 11 is 0. The van der Waals surface area contributed by atoms with Crippen LogP contribution in [0.25, 0.3) is 0 Å². The molecule has 0 spiro atoms. The molecule has 25 heavy (non-hydrogen) atoms. The highest BCUT2D eigenvalue weighted by atomic mass is 16.5. The van der Waals surface area contributed by atoms with Gasteiger partial charge in [0.05, 0.1) is 18.4 Å². The molecule has 1 amide bonds. The lowest BCUT2D eigenvalue weighted by molar-refractivity contribution is -0.136. The molecule has 1 aliphatic heterocycles. The van der Waals surface area contributed by atoms with Crippen molar-refractivity contribution in [3.8, 4) is 0 Å². The highest BCUT2D eigenvalue weighted by molar-refractivity contribution is 5.91. The third kappa shape index (κ3) is 4.18. The van der Waals surface area contributed by atoms with Crippen LogP contribution in [0.5, 0.6) is 0 Å². The van der Waals surface area contributed by atoms with Crippen LogP contribution in [0.15, 0.2) is 30.6 Å². The summed E-state index contributed by atoms with van der Waals surface area (Å²) in [6.45, 7) is 1.09. The fourth-order valence-electron chi connectivity index (χ4n) is 3.05. The van der Waals surface area contributed by atoms with Crippen molar-refractivity contribution in [3.63, 3.8) is 0 Å². The number of amides is 1. The van der Waals surface area contributed by atoms with E-state index in [4.69, 9.17) is 9.84 Å². The van der Waals surface area contributed by atoms with Crippen molar-refractivity contribution < 1.29 is 19.4 Å². The van der Waals surface area contributed by atoms with Crippen molar-refractivity contribution in [2.75, 3.05) is 18.5 Å². The second kappa shape index (κ2) is 7.39. The van der Waals surface area contributed by atoms with E-state index in [0.717, 1.165) is 0 Å². The Balaban J connectivity index is 1.71. The summed E-state index contributed by atoms with van der Waals surface area (Å²) < 4.78 is 7.04. The molecule has 0 saturated carbocycles. The number of hydrogen-bond donors (Lipinski definition) is 2. The summed E-state index contributed by atoms with van der Waals surface area (Å²) in [5, 5.41) is 23.0. The molecular weight excluding hydrogens is 326 g/mol. The number of hydrogen-bond acceptors (Lipinski definition) is 6. The lowest BCUT2D eigenvalue weighted by Crippen LogP contribution is -2.43. The minimum absolute atomic E-state index is 0.0877. The van der Waals surface area contributed by atoms with E-state index < -0.39 is 11.5 Å². The van der Waals surface area contributed by atoms with Gasteiger partial charge in [-0.2, -0.15) is 0 Å². The number of carbonyl (C=O) groups excluding carboxylic acids is 1. The summed E-state index contributed by atoms with van der Waals surface area (Å²) in [4.78, 5) is 23.4. The Labute approximate surface area is 144 Å². The van der Waals surface area contributed by atoms with Crippen molar-refractivity contribution in [3.05, 3.63) is 36.2 Å². The minimum Gasteiger partial charge on any atom is -0.481 e. The molecule has 0 unspecified atom stereocenters. The van der Waals surface area contributed by atoms with Crippen LogP contribution in [-0.2, 0) is 26.3 Å². The van der Waals surface area contributed by atoms with Gasteiger partial charge in [-0.25, -0.2) is 4.68 Å². The van der Waals surface area contributed by atoms with Crippen molar-refractivity contribution in [1.82, 2.24) is 20.2 Å². The van der Waals surface area contributed by atoms with E-state index in [0.29, 0.717) is 37.3 Å². The van der Waals surface area contributed by atoms with Gasteiger partial charge in [0.2, 0.25) is 5.91 Å². The third-order valence-corrected chi connectivity index (χ3v) is 4.31. The fourth-order valence-corrected chi connectivity index (χ4v) is 3.05. The lowest BCUT2D eigenvalue weighted by atomic mass is 9.86. The van der Waals surface area contributed by atoms with E-state index in [1.54, 1.807) is 28.9 Å². The maximum Gasteiger partial charge on any atom is 0.307 e. The first-order valence-corrected chi connectivity index (χ1v) is 7.99. The van der Waals surface area contributed by atoms with Crippen LogP contribution in [0.2, 0.25) is 0 Å². The van der Waals surface area contributed by atoms with E-state index in [1.807, 2.05) is 0 Å². The summed E-state index contributed by atoms with van der Waals surface area (Å²) in [5.41, 5.74) is 0.694. The van der Waals surface area contributed by atoms with Crippen LogP contribution in [0, 0.1) is 0 Å². The maximum absolute atomic E-state index is 12.6. The van der Waals surface area contributed by atoms with Crippen LogP contribution in [0.1, 0.15) is 24.8 Å². The Kier molecular flexibility index (Phi) is 5.03. The van der Waals surface area contributed by atoms with E-state index in [2.05, 4.69) is 20.8 Å².